The highest BCUT2D eigenvalue weighted by Crippen LogP contribution is 2.30. The fraction of sp³-hybridized carbons (Fsp3) is 0.294. The molecule has 0 radical (unpaired) electrons. The molecule has 1 aromatic heterocycles. The SMILES string of the molecule is CC1Oc2ccc(CCNC(=O)Cc3cccs3)cc2NC1=O. The van der Waals surface area contributed by atoms with Gasteiger partial charge in [-0.2, -0.15) is 0 Å². The number of benzene rings is 1. The van der Waals surface area contributed by atoms with Crippen molar-refractivity contribution in [2.75, 3.05) is 11.9 Å². The molecule has 1 aromatic carbocycles. The fourth-order valence-electron chi connectivity index (χ4n) is 2.39. The van der Waals surface area contributed by atoms with Crippen LogP contribution in [-0.2, 0) is 22.4 Å². The van der Waals surface area contributed by atoms with E-state index in [1.807, 2.05) is 35.7 Å². The Hall–Kier alpha value is -2.34. The molecular weight excluding hydrogens is 312 g/mol. The van der Waals surface area contributed by atoms with Crippen molar-refractivity contribution in [3.8, 4) is 5.75 Å². The van der Waals surface area contributed by atoms with Gasteiger partial charge in [-0.3, -0.25) is 9.59 Å². The first kappa shape index (κ1) is 15.6. The zero-order valence-corrected chi connectivity index (χ0v) is 13.6. The minimum Gasteiger partial charge on any atom is -0.479 e. The van der Waals surface area contributed by atoms with Crippen LogP contribution in [0.5, 0.6) is 5.75 Å². The maximum absolute atomic E-state index is 11.8. The van der Waals surface area contributed by atoms with Gasteiger partial charge in [0.25, 0.3) is 5.91 Å². The highest BCUT2D eigenvalue weighted by molar-refractivity contribution is 7.10. The number of rotatable bonds is 5. The summed E-state index contributed by atoms with van der Waals surface area (Å²) in [6, 6.07) is 9.60. The Labute approximate surface area is 138 Å². The van der Waals surface area contributed by atoms with Crippen molar-refractivity contribution >= 4 is 28.8 Å². The van der Waals surface area contributed by atoms with Crippen LogP contribution in [0, 0.1) is 0 Å². The van der Waals surface area contributed by atoms with Gasteiger partial charge in [-0.05, 0) is 42.5 Å². The highest BCUT2D eigenvalue weighted by Gasteiger charge is 2.23. The van der Waals surface area contributed by atoms with Crippen molar-refractivity contribution in [1.82, 2.24) is 5.32 Å². The Morgan fingerprint density at radius 2 is 2.26 bits per heavy atom. The third-order valence-electron chi connectivity index (χ3n) is 3.63. The molecule has 5 nitrogen and oxygen atoms in total. The molecule has 1 aliphatic heterocycles. The quantitative estimate of drug-likeness (QED) is 0.884. The molecule has 1 aliphatic rings. The average molecular weight is 330 g/mol. The van der Waals surface area contributed by atoms with Crippen LogP contribution in [0.25, 0.3) is 0 Å². The number of hydrogen-bond donors (Lipinski definition) is 2. The molecule has 2 N–H and O–H groups in total. The van der Waals surface area contributed by atoms with E-state index in [4.69, 9.17) is 4.74 Å². The summed E-state index contributed by atoms with van der Waals surface area (Å²) >= 11 is 1.58. The topological polar surface area (TPSA) is 67.4 Å². The van der Waals surface area contributed by atoms with E-state index in [1.54, 1.807) is 18.3 Å². The lowest BCUT2D eigenvalue weighted by atomic mass is 10.1. The molecule has 2 amide bonds. The van der Waals surface area contributed by atoms with Gasteiger partial charge in [-0.25, -0.2) is 0 Å². The number of ether oxygens (including phenoxy) is 1. The second-order valence-corrected chi connectivity index (χ2v) is 6.47. The largest absolute Gasteiger partial charge is 0.479 e. The van der Waals surface area contributed by atoms with Crippen molar-refractivity contribution in [3.63, 3.8) is 0 Å². The molecule has 0 fully saturated rings. The third-order valence-corrected chi connectivity index (χ3v) is 4.50. The highest BCUT2D eigenvalue weighted by atomic mass is 32.1. The summed E-state index contributed by atoms with van der Waals surface area (Å²) in [4.78, 5) is 24.5. The van der Waals surface area contributed by atoms with E-state index in [2.05, 4.69) is 10.6 Å². The molecule has 0 spiro atoms. The van der Waals surface area contributed by atoms with Crippen molar-refractivity contribution in [2.24, 2.45) is 0 Å². The second kappa shape index (κ2) is 6.83. The van der Waals surface area contributed by atoms with Crippen LogP contribution in [0.2, 0.25) is 0 Å². The zero-order chi connectivity index (χ0) is 16.2. The van der Waals surface area contributed by atoms with Crippen molar-refractivity contribution in [2.45, 2.75) is 25.9 Å². The summed E-state index contributed by atoms with van der Waals surface area (Å²) in [6.07, 6.45) is 0.656. The lowest BCUT2D eigenvalue weighted by Crippen LogP contribution is -2.34. The molecule has 1 atom stereocenters. The number of nitrogens with one attached hydrogen (secondary N) is 2. The first-order valence-corrected chi connectivity index (χ1v) is 8.39. The molecule has 120 valence electrons. The molecule has 2 aromatic rings. The van der Waals surface area contributed by atoms with Gasteiger partial charge in [0.05, 0.1) is 12.1 Å². The van der Waals surface area contributed by atoms with Crippen LogP contribution < -0.4 is 15.4 Å². The molecule has 1 unspecified atom stereocenters. The summed E-state index contributed by atoms with van der Waals surface area (Å²) in [5.41, 5.74) is 1.73. The Morgan fingerprint density at radius 3 is 3.04 bits per heavy atom. The van der Waals surface area contributed by atoms with Crippen molar-refractivity contribution in [1.29, 1.82) is 0 Å². The van der Waals surface area contributed by atoms with E-state index in [0.717, 1.165) is 10.4 Å². The van der Waals surface area contributed by atoms with E-state index in [-0.39, 0.29) is 11.8 Å². The Kier molecular flexibility index (Phi) is 4.62. The van der Waals surface area contributed by atoms with Gasteiger partial charge in [0.1, 0.15) is 5.75 Å². The average Bonchev–Trinajstić information content (AvgIpc) is 3.01. The maximum Gasteiger partial charge on any atom is 0.265 e. The Balaban J connectivity index is 1.52. The van der Waals surface area contributed by atoms with E-state index in [1.165, 1.54) is 0 Å². The van der Waals surface area contributed by atoms with E-state index >= 15 is 0 Å². The standard InChI is InChI=1S/C17H18N2O3S/c1-11-17(21)19-14-9-12(4-5-15(14)22-11)6-7-18-16(20)10-13-3-2-8-23-13/h2-5,8-9,11H,6-7,10H2,1H3,(H,18,20)(H,19,21). The minimum atomic E-state index is -0.468. The summed E-state index contributed by atoms with van der Waals surface area (Å²) in [5, 5.41) is 7.71. The lowest BCUT2D eigenvalue weighted by molar-refractivity contribution is -0.122. The van der Waals surface area contributed by atoms with Crippen LogP contribution >= 0.6 is 11.3 Å². The molecule has 0 bridgehead atoms. The third kappa shape index (κ3) is 3.90. The van der Waals surface area contributed by atoms with E-state index < -0.39 is 6.10 Å². The van der Waals surface area contributed by atoms with Gasteiger partial charge in [0, 0.05) is 11.4 Å². The van der Waals surface area contributed by atoms with Crippen LogP contribution in [0.1, 0.15) is 17.4 Å². The molecular formula is C17H18N2O3S. The van der Waals surface area contributed by atoms with E-state index in [0.29, 0.717) is 30.8 Å². The smallest absolute Gasteiger partial charge is 0.265 e. The first-order chi connectivity index (χ1) is 11.1. The molecule has 6 heteroatoms. The first-order valence-electron chi connectivity index (χ1n) is 7.51. The summed E-state index contributed by atoms with van der Waals surface area (Å²) in [6.45, 7) is 2.28. The normalized spacial score (nSPS) is 16.2. The molecule has 0 saturated heterocycles. The van der Waals surface area contributed by atoms with Gasteiger partial charge < -0.3 is 15.4 Å². The zero-order valence-electron chi connectivity index (χ0n) is 12.8. The number of amides is 2. The summed E-state index contributed by atoms with van der Waals surface area (Å²) in [7, 11) is 0. The molecule has 0 aliphatic carbocycles. The lowest BCUT2D eigenvalue weighted by Gasteiger charge is -2.23. The summed E-state index contributed by atoms with van der Waals surface area (Å²) < 4.78 is 5.52. The van der Waals surface area contributed by atoms with Gasteiger partial charge in [0.15, 0.2) is 6.10 Å². The number of hydrogen-bond acceptors (Lipinski definition) is 4. The van der Waals surface area contributed by atoms with Gasteiger partial charge in [0.2, 0.25) is 5.91 Å². The van der Waals surface area contributed by atoms with Crippen molar-refractivity contribution in [3.05, 3.63) is 46.2 Å². The maximum atomic E-state index is 11.8. The molecule has 0 saturated carbocycles. The van der Waals surface area contributed by atoms with Crippen LogP contribution in [0.3, 0.4) is 0 Å². The predicted molar refractivity (Wildman–Crippen MR) is 89.9 cm³/mol. The molecule has 23 heavy (non-hydrogen) atoms. The number of fused-ring (bicyclic) bond motifs is 1. The molecule has 2 heterocycles. The number of carbonyl (C=O) groups excluding carboxylic acids is 2. The molecule has 3 rings (SSSR count). The van der Waals surface area contributed by atoms with E-state index in [9.17, 15) is 9.59 Å². The van der Waals surface area contributed by atoms with Crippen LogP contribution in [0.4, 0.5) is 5.69 Å². The summed E-state index contributed by atoms with van der Waals surface area (Å²) in [5.74, 6) is 0.567. The fourth-order valence-corrected chi connectivity index (χ4v) is 3.10. The van der Waals surface area contributed by atoms with Gasteiger partial charge in [-0.1, -0.05) is 12.1 Å². The predicted octanol–water partition coefficient (Wildman–Crippen LogP) is 2.37. The minimum absolute atomic E-state index is 0.0240. The number of thiophene rings is 1. The van der Waals surface area contributed by atoms with Crippen LogP contribution in [-0.4, -0.2) is 24.5 Å². The van der Waals surface area contributed by atoms with Gasteiger partial charge in [-0.15, -0.1) is 11.3 Å². The number of carbonyl (C=O) groups is 2. The number of anilines is 1. The van der Waals surface area contributed by atoms with Crippen molar-refractivity contribution < 1.29 is 14.3 Å². The van der Waals surface area contributed by atoms with Gasteiger partial charge >= 0.3 is 0 Å². The Morgan fingerprint density at radius 1 is 1.39 bits per heavy atom. The Bertz CT molecular complexity index is 713. The van der Waals surface area contributed by atoms with Crippen LogP contribution in [0.15, 0.2) is 35.7 Å². The second-order valence-electron chi connectivity index (χ2n) is 5.44. The monoisotopic (exact) mass is 330 g/mol.